The van der Waals surface area contributed by atoms with Crippen LogP contribution in [0.2, 0.25) is 5.02 Å². The predicted octanol–water partition coefficient (Wildman–Crippen LogP) is 7.02. The van der Waals surface area contributed by atoms with E-state index in [2.05, 4.69) is 25.6 Å². The van der Waals surface area contributed by atoms with Crippen LogP contribution in [0.15, 0.2) is 60.9 Å². The van der Waals surface area contributed by atoms with E-state index in [0.29, 0.717) is 47.9 Å². The number of hydrogen-bond acceptors (Lipinski definition) is 7. The number of nitrogens with zero attached hydrogens (tertiary/aromatic N) is 3. The van der Waals surface area contributed by atoms with Gasteiger partial charge in [0.1, 0.15) is 16.3 Å². The van der Waals surface area contributed by atoms with Crippen molar-refractivity contribution in [2.45, 2.75) is 50.9 Å². The zero-order chi connectivity index (χ0) is 29.2. The average Bonchev–Trinajstić information content (AvgIpc) is 3.44. The Labute approximate surface area is 243 Å². The first kappa shape index (κ1) is 29.0. The van der Waals surface area contributed by atoms with Crippen molar-refractivity contribution in [3.8, 4) is 10.4 Å². The molecule has 4 aromatic rings. The number of aryl methyl sites for hydroxylation is 1. The highest BCUT2D eigenvalue weighted by Gasteiger charge is 2.39. The third-order valence-electron chi connectivity index (χ3n) is 7.03. The number of carbonyl (C=O) groups is 1. The Morgan fingerprint density at radius 3 is 2.56 bits per heavy atom. The molecule has 0 spiro atoms. The first-order valence-electron chi connectivity index (χ1n) is 13.0. The maximum Gasteiger partial charge on any atom is 0.433 e. The molecule has 0 unspecified atom stereocenters. The fourth-order valence-corrected chi connectivity index (χ4v) is 6.01. The Kier molecular flexibility index (Phi) is 8.30. The molecule has 7 nitrogen and oxygen atoms in total. The number of aliphatic hydroxyl groups is 1. The van der Waals surface area contributed by atoms with Gasteiger partial charge in [0, 0.05) is 35.6 Å². The van der Waals surface area contributed by atoms with Crippen LogP contribution >= 0.6 is 22.9 Å². The minimum absolute atomic E-state index is 0.0358. The molecule has 12 heteroatoms. The quantitative estimate of drug-likeness (QED) is 0.211. The third kappa shape index (κ3) is 7.03. The molecule has 5 rings (SSSR count). The van der Waals surface area contributed by atoms with E-state index in [4.69, 9.17) is 11.6 Å². The van der Waals surface area contributed by atoms with Crippen LogP contribution in [-0.2, 0) is 23.1 Å². The van der Waals surface area contributed by atoms with Crippen molar-refractivity contribution in [2.24, 2.45) is 5.92 Å². The van der Waals surface area contributed by atoms with E-state index in [-0.39, 0.29) is 17.8 Å². The highest BCUT2D eigenvalue weighted by Crippen LogP contribution is 2.43. The van der Waals surface area contributed by atoms with Crippen LogP contribution in [-0.4, -0.2) is 26.0 Å². The zero-order valence-corrected chi connectivity index (χ0v) is 23.6. The van der Waals surface area contributed by atoms with Gasteiger partial charge in [-0.1, -0.05) is 29.8 Å². The summed E-state index contributed by atoms with van der Waals surface area (Å²) >= 11 is 7.28. The lowest BCUT2D eigenvalue weighted by atomic mass is 9.78. The first-order valence-corrected chi connectivity index (χ1v) is 14.2. The van der Waals surface area contributed by atoms with Crippen molar-refractivity contribution >= 4 is 40.5 Å². The SMILES string of the molecule is Cc1cc(Nc2nccc(C(F)(F)F)n2)cc(-c2cnc(C3(O)CCC(C(=O)NCc4ccc(Cl)cc4)CC3)s2)c1. The molecular weight excluding hydrogens is 575 g/mol. The van der Waals surface area contributed by atoms with Gasteiger partial charge in [0.25, 0.3) is 0 Å². The van der Waals surface area contributed by atoms with Gasteiger partial charge in [-0.3, -0.25) is 4.79 Å². The van der Waals surface area contributed by atoms with Crippen LogP contribution in [0.5, 0.6) is 0 Å². The number of hydrogen-bond donors (Lipinski definition) is 3. The van der Waals surface area contributed by atoms with Gasteiger partial charge in [0.05, 0.1) is 4.88 Å². The van der Waals surface area contributed by atoms with Gasteiger partial charge in [-0.25, -0.2) is 15.0 Å². The number of alkyl halides is 3. The van der Waals surface area contributed by atoms with E-state index in [9.17, 15) is 23.1 Å². The normalized spacial score (nSPS) is 19.1. The lowest BCUT2D eigenvalue weighted by molar-refractivity contribution is -0.141. The van der Waals surface area contributed by atoms with Gasteiger partial charge in [0.2, 0.25) is 11.9 Å². The van der Waals surface area contributed by atoms with Crippen LogP contribution in [0.1, 0.15) is 47.5 Å². The highest BCUT2D eigenvalue weighted by molar-refractivity contribution is 7.15. The minimum atomic E-state index is -4.57. The number of benzene rings is 2. The van der Waals surface area contributed by atoms with Crippen LogP contribution in [0.3, 0.4) is 0 Å². The number of rotatable bonds is 7. The van der Waals surface area contributed by atoms with E-state index < -0.39 is 17.5 Å². The van der Waals surface area contributed by atoms with Crippen LogP contribution in [0, 0.1) is 12.8 Å². The Morgan fingerprint density at radius 2 is 1.85 bits per heavy atom. The number of amides is 1. The number of halogens is 4. The maximum atomic E-state index is 13.0. The van der Waals surface area contributed by atoms with Gasteiger partial charge in [-0.15, -0.1) is 11.3 Å². The number of thiazole rings is 1. The largest absolute Gasteiger partial charge is 0.433 e. The molecule has 214 valence electrons. The molecule has 1 aliphatic rings. The number of aromatic nitrogens is 3. The van der Waals surface area contributed by atoms with Crippen molar-refractivity contribution in [3.05, 3.63) is 87.8 Å². The Morgan fingerprint density at radius 1 is 1.12 bits per heavy atom. The summed E-state index contributed by atoms with van der Waals surface area (Å²) in [4.78, 5) is 25.5. The Hall–Kier alpha value is -3.54. The average molecular weight is 602 g/mol. The van der Waals surface area contributed by atoms with Gasteiger partial charge < -0.3 is 15.7 Å². The number of nitrogens with one attached hydrogen (secondary N) is 2. The standard InChI is InChI=1S/C29H27ClF3N5O2S/c1-17-12-20(14-22(13-17)37-27-34-11-8-24(38-27)29(31,32)33)23-16-36-26(41-23)28(40)9-6-19(7-10-28)25(39)35-15-18-2-4-21(30)5-3-18/h2-5,8,11-14,16,19,40H,6-7,9-10,15H2,1H3,(H,35,39)(H,34,37,38). The molecule has 2 aromatic heterocycles. The topological polar surface area (TPSA) is 100 Å². The van der Waals surface area contributed by atoms with Crippen molar-refractivity contribution in [1.82, 2.24) is 20.3 Å². The Bertz CT molecular complexity index is 1540. The van der Waals surface area contributed by atoms with Crippen LogP contribution in [0.25, 0.3) is 10.4 Å². The van der Waals surface area contributed by atoms with E-state index in [1.165, 1.54) is 11.3 Å². The summed E-state index contributed by atoms with van der Waals surface area (Å²) in [6, 6.07) is 13.6. The summed E-state index contributed by atoms with van der Waals surface area (Å²) < 4.78 is 39.1. The molecule has 0 radical (unpaired) electrons. The molecular formula is C29H27ClF3N5O2S. The fourth-order valence-electron chi connectivity index (χ4n) is 4.83. The Balaban J connectivity index is 1.23. The molecule has 1 amide bonds. The summed E-state index contributed by atoms with van der Waals surface area (Å²) in [6.45, 7) is 2.29. The smallest absolute Gasteiger partial charge is 0.383 e. The fraction of sp³-hybridized carbons (Fsp3) is 0.310. The summed E-state index contributed by atoms with van der Waals surface area (Å²) in [5.41, 5.74) is 0.988. The van der Waals surface area contributed by atoms with Crippen molar-refractivity contribution in [3.63, 3.8) is 0 Å². The summed E-state index contributed by atoms with van der Waals surface area (Å²) in [5.74, 6) is -0.388. The first-order chi connectivity index (χ1) is 19.5. The molecule has 0 atom stereocenters. The molecule has 0 bridgehead atoms. The van der Waals surface area contributed by atoms with E-state index in [0.717, 1.165) is 33.8 Å². The van der Waals surface area contributed by atoms with Gasteiger partial charge in [-0.2, -0.15) is 13.2 Å². The lowest BCUT2D eigenvalue weighted by Crippen LogP contribution is -2.38. The van der Waals surface area contributed by atoms with Gasteiger partial charge in [0.15, 0.2) is 0 Å². The second kappa shape index (κ2) is 11.8. The van der Waals surface area contributed by atoms with Crippen molar-refractivity contribution in [2.75, 3.05) is 5.32 Å². The maximum absolute atomic E-state index is 13.0. The molecule has 1 fully saturated rings. The van der Waals surface area contributed by atoms with Gasteiger partial charge in [-0.05, 0) is 79.6 Å². The zero-order valence-electron chi connectivity index (χ0n) is 22.0. The van der Waals surface area contributed by atoms with Crippen LogP contribution < -0.4 is 10.6 Å². The summed E-state index contributed by atoms with van der Waals surface area (Å²) in [6.07, 6.45) is 0.0573. The monoisotopic (exact) mass is 601 g/mol. The predicted molar refractivity (Wildman–Crippen MR) is 152 cm³/mol. The second-order valence-electron chi connectivity index (χ2n) is 10.2. The van der Waals surface area contributed by atoms with E-state index in [1.54, 1.807) is 30.5 Å². The summed E-state index contributed by atoms with van der Waals surface area (Å²) in [5, 5.41) is 18.5. The second-order valence-corrected chi connectivity index (χ2v) is 11.6. The van der Waals surface area contributed by atoms with E-state index in [1.807, 2.05) is 25.1 Å². The summed E-state index contributed by atoms with van der Waals surface area (Å²) in [7, 11) is 0. The molecule has 2 heterocycles. The number of anilines is 2. The van der Waals surface area contributed by atoms with Crippen LogP contribution in [0.4, 0.5) is 24.8 Å². The van der Waals surface area contributed by atoms with E-state index >= 15 is 0 Å². The number of carbonyl (C=O) groups excluding carboxylic acids is 1. The molecule has 0 saturated heterocycles. The highest BCUT2D eigenvalue weighted by atomic mass is 35.5. The molecule has 41 heavy (non-hydrogen) atoms. The van der Waals surface area contributed by atoms with Crippen molar-refractivity contribution in [1.29, 1.82) is 0 Å². The molecule has 1 saturated carbocycles. The molecule has 2 aromatic carbocycles. The molecule has 1 aliphatic carbocycles. The molecule has 0 aliphatic heterocycles. The molecule has 3 N–H and O–H groups in total. The third-order valence-corrected chi connectivity index (χ3v) is 8.52. The van der Waals surface area contributed by atoms with Gasteiger partial charge >= 0.3 is 6.18 Å². The lowest BCUT2D eigenvalue weighted by Gasteiger charge is -2.33. The van der Waals surface area contributed by atoms with Crippen molar-refractivity contribution < 1.29 is 23.1 Å². The minimum Gasteiger partial charge on any atom is -0.383 e.